The van der Waals surface area contributed by atoms with Crippen LogP contribution in [0.2, 0.25) is 0 Å². The Bertz CT molecular complexity index is 973. The Hall–Kier alpha value is -3.48. The second-order valence-corrected chi connectivity index (χ2v) is 5.61. The van der Waals surface area contributed by atoms with Crippen LogP contribution in [-0.4, -0.2) is 22.4 Å². The summed E-state index contributed by atoms with van der Waals surface area (Å²) in [5.74, 6) is -0.525. The molecule has 3 aromatic rings. The second-order valence-electron chi connectivity index (χ2n) is 5.61. The fraction of sp³-hybridized carbons (Fsp3) is 0.150. The summed E-state index contributed by atoms with van der Waals surface area (Å²) < 4.78 is 25.3. The molecule has 0 atom stereocenters. The van der Waals surface area contributed by atoms with Crippen LogP contribution in [0.5, 0.6) is 5.75 Å². The molecule has 0 N–H and O–H groups in total. The number of ether oxygens (including phenoxy) is 2. The van der Waals surface area contributed by atoms with E-state index in [-0.39, 0.29) is 36.6 Å². The summed E-state index contributed by atoms with van der Waals surface area (Å²) in [5, 5.41) is 3.99. The highest BCUT2D eigenvalue weighted by Gasteiger charge is 2.12. The molecule has 0 bridgehead atoms. The van der Waals surface area contributed by atoms with Crippen molar-refractivity contribution in [3.63, 3.8) is 0 Å². The summed E-state index contributed by atoms with van der Waals surface area (Å²) in [4.78, 5) is 24.0. The standard InChI is InChI=1S/C20H17FN2O4/c21-17-9-5-4-6-15(17)14-27-20(25)18-10-11-19(24)23(22-18)12-13-26-16-7-2-1-3-8-16/h1-11H,12-14H2. The minimum Gasteiger partial charge on any atom is -0.492 e. The van der Waals surface area contributed by atoms with Crippen LogP contribution in [-0.2, 0) is 17.9 Å². The van der Waals surface area contributed by atoms with Gasteiger partial charge in [-0.25, -0.2) is 13.9 Å². The first-order valence-corrected chi connectivity index (χ1v) is 8.30. The lowest BCUT2D eigenvalue weighted by Crippen LogP contribution is -2.27. The molecule has 2 aromatic carbocycles. The highest BCUT2D eigenvalue weighted by atomic mass is 19.1. The number of rotatable bonds is 7. The second kappa shape index (κ2) is 8.75. The highest BCUT2D eigenvalue weighted by Crippen LogP contribution is 2.09. The highest BCUT2D eigenvalue weighted by molar-refractivity contribution is 5.86. The zero-order valence-electron chi connectivity index (χ0n) is 14.4. The Labute approximate surface area is 154 Å². The van der Waals surface area contributed by atoms with Crippen LogP contribution in [0.4, 0.5) is 4.39 Å². The maximum Gasteiger partial charge on any atom is 0.359 e. The van der Waals surface area contributed by atoms with Gasteiger partial charge in [0.05, 0.1) is 6.54 Å². The number of carbonyl (C=O) groups is 1. The van der Waals surface area contributed by atoms with Crippen LogP contribution in [0.3, 0.4) is 0 Å². The molecule has 6 nitrogen and oxygen atoms in total. The topological polar surface area (TPSA) is 70.4 Å². The van der Waals surface area contributed by atoms with Crippen molar-refractivity contribution >= 4 is 5.97 Å². The number of aromatic nitrogens is 2. The van der Waals surface area contributed by atoms with Gasteiger partial charge in [-0.3, -0.25) is 4.79 Å². The number of benzene rings is 2. The largest absolute Gasteiger partial charge is 0.492 e. The van der Waals surface area contributed by atoms with Crippen molar-refractivity contribution in [2.45, 2.75) is 13.2 Å². The van der Waals surface area contributed by atoms with E-state index in [9.17, 15) is 14.0 Å². The molecule has 0 radical (unpaired) electrons. The number of carbonyl (C=O) groups excluding carboxylic acids is 1. The van der Waals surface area contributed by atoms with Gasteiger partial charge in [-0.2, -0.15) is 5.10 Å². The van der Waals surface area contributed by atoms with Gasteiger partial charge in [0, 0.05) is 11.6 Å². The number of hydrogen-bond donors (Lipinski definition) is 0. The Morgan fingerprint density at radius 2 is 1.74 bits per heavy atom. The molecule has 27 heavy (non-hydrogen) atoms. The zero-order valence-corrected chi connectivity index (χ0v) is 14.4. The first-order chi connectivity index (χ1) is 13.1. The summed E-state index contributed by atoms with van der Waals surface area (Å²) in [7, 11) is 0. The summed E-state index contributed by atoms with van der Waals surface area (Å²) in [6, 6.07) is 17.7. The molecule has 3 rings (SSSR count). The van der Waals surface area contributed by atoms with E-state index in [1.165, 1.54) is 24.3 Å². The molecule has 7 heteroatoms. The van der Waals surface area contributed by atoms with Gasteiger partial charge >= 0.3 is 5.97 Å². The van der Waals surface area contributed by atoms with E-state index in [4.69, 9.17) is 9.47 Å². The van der Waals surface area contributed by atoms with Crippen molar-refractivity contribution in [3.8, 4) is 5.75 Å². The molecule has 0 amide bonds. The van der Waals surface area contributed by atoms with E-state index in [2.05, 4.69) is 5.10 Å². The fourth-order valence-corrected chi connectivity index (χ4v) is 2.32. The average Bonchev–Trinajstić information content (AvgIpc) is 2.69. The van der Waals surface area contributed by atoms with E-state index in [0.717, 1.165) is 4.68 Å². The van der Waals surface area contributed by atoms with E-state index in [0.29, 0.717) is 5.75 Å². The molecule has 0 fully saturated rings. The third-order valence-corrected chi connectivity index (χ3v) is 3.71. The van der Waals surface area contributed by atoms with Gasteiger partial charge in [0.15, 0.2) is 5.69 Å². The summed E-state index contributed by atoms with van der Waals surface area (Å²) in [5.41, 5.74) is -0.140. The molecule has 0 aliphatic heterocycles. The van der Waals surface area contributed by atoms with Crippen molar-refractivity contribution in [1.82, 2.24) is 9.78 Å². The molecule has 0 saturated heterocycles. The SMILES string of the molecule is O=C(OCc1ccccc1F)c1ccc(=O)n(CCOc2ccccc2)n1. The third-order valence-electron chi connectivity index (χ3n) is 3.71. The molecule has 1 heterocycles. The van der Waals surface area contributed by atoms with Gasteiger partial charge in [-0.1, -0.05) is 36.4 Å². The molecule has 1 aromatic heterocycles. The van der Waals surface area contributed by atoms with Gasteiger partial charge in [-0.15, -0.1) is 0 Å². The Kier molecular flexibility index (Phi) is 5.94. The van der Waals surface area contributed by atoms with E-state index in [1.54, 1.807) is 24.3 Å². The minimum atomic E-state index is -0.740. The van der Waals surface area contributed by atoms with Crippen molar-refractivity contribution in [3.05, 3.63) is 94.2 Å². The normalized spacial score (nSPS) is 10.4. The van der Waals surface area contributed by atoms with Crippen molar-refractivity contribution in [2.24, 2.45) is 0 Å². The lowest BCUT2D eigenvalue weighted by atomic mass is 10.2. The van der Waals surface area contributed by atoms with Crippen LogP contribution in [0, 0.1) is 5.82 Å². The monoisotopic (exact) mass is 368 g/mol. The number of esters is 1. The Balaban J connectivity index is 1.61. The summed E-state index contributed by atoms with van der Waals surface area (Å²) in [6.45, 7) is 0.163. The Morgan fingerprint density at radius 1 is 1.00 bits per heavy atom. The summed E-state index contributed by atoms with van der Waals surface area (Å²) >= 11 is 0. The first-order valence-electron chi connectivity index (χ1n) is 8.30. The van der Waals surface area contributed by atoms with Crippen LogP contribution < -0.4 is 10.3 Å². The van der Waals surface area contributed by atoms with Crippen molar-refractivity contribution in [1.29, 1.82) is 0 Å². The lowest BCUT2D eigenvalue weighted by molar-refractivity contribution is 0.0458. The smallest absolute Gasteiger partial charge is 0.359 e. The number of nitrogens with zero attached hydrogens (tertiary/aromatic N) is 2. The third kappa shape index (κ3) is 5.01. The van der Waals surface area contributed by atoms with E-state index in [1.807, 2.05) is 18.2 Å². The molecular formula is C20H17FN2O4. The molecule has 0 spiro atoms. The van der Waals surface area contributed by atoms with Crippen LogP contribution >= 0.6 is 0 Å². The van der Waals surface area contributed by atoms with Gasteiger partial charge in [0.1, 0.15) is 24.8 Å². The maximum atomic E-state index is 13.6. The predicted molar refractivity (Wildman–Crippen MR) is 96.0 cm³/mol. The lowest BCUT2D eigenvalue weighted by Gasteiger charge is -2.09. The fourth-order valence-electron chi connectivity index (χ4n) is 2.32. The average molecular weight is 368 g/mol. The quantitative estimate of drug-likeness (QED) is 0.600. The summed E-state index contributed by atoms with van der Waals surface area (Å²) in [6.07, 6.45) is 0. The molecule has 0 aliphatic rings. The number of hydrogen-bond acceptors (Lipinski definition) is 5. The minimum absolute atomic E-state index is 0.0364. The first kappa shape index (κ1) is 18.3. The van der Waals surface area contributed by atoms with Crippen LogP contribution in [0.25, 0.3) is 0 Å². The molecule has 0 unspecified atom stereocenters. The van der Waals surface area contributed by atoms with E-state index >= 15 is 0 Å². The van der Waals surface area contributed by atoms with Gasteiger partial charge < -0.3 is 9.47 Å². The molecule has 138 valence electrons. The maximum absolute atomic E-state index is 13.6. The zero-order chi connectivity index (χ0) is 19.1. The van der Waals surface area contributed by atoms with Gasteiger partial charge in [-0.05, 0) is 24.3 Å². The van der Waals surface area contributed by atoms with Gasteiger partial charge in [0.25, 0.3) is 5.56 Å². The van der Waals surface area contributed by atoms with Crippen molar-refractivity contribution in [2.75, 3.05) is 6.61 Å². The number of para-hydroxylation sites is 1. The molecule has 0 saturated carbocycles. The Morgan fingerprint density at radius 3 is 2.52 bits per heavy atom. The van der Waals surface area contributed by atoms with Crippen LogP contribution in [0.15, 0.2) is 71.5 Å². The van der Waals surface area contributed by atoms with Gasteiger partial charge in [0.2, 0.25) is 0 Å². The molecule has 0 aliphatic carbocycles. The van der Waals surface area contributed by atoms with E-state index < -0.39 is 11.8 Å². The van der Waals surface area contributed by atoms with Crippen molar-refractivity contribution < 1.29 is 18.7 Å². The molecular weight excluding hydrogens is 351 g/mol. The predicted octanol–water partition coefficient (Wildman–Crippen LogP) is 2.82. The number of halogens is 1. The van der Waals surface area contributed by atoms with Crippen LogP contribution in [0.1, 0.15) is 16.1 Å².